The molecule has 5 aromatic rings. The smallest absolute Gasteiger partial charge is 0.275 e. The zero-order valence-electron chi connectivity index (χ0n) is 16.8. The summed E-state index contributed by atoms with van der Waals surface area (Å²) in [5, 5.41) is 22.8. The molecule has 0 unspecified atom stereocenters. The van der Waals surface area contributed by atoms with Gasteiger partial charge in [0.2, 0.25) is 0 Å². The number of hydrazone groups is 1. The largest absolute Gasteiger partial charge is 0.507 e. The van der Waals surface area contributed by atoms with E-state index in [1.165, 1.54) is 0 Å². The molecule has 7 heteroatoms. The number of para-hydroxylation sites is 1. The Kier molecular flexibility index (Phi) is 5.23. The zero-order valence-corrected chi connectivity index (χ0v) is 17.7. The molecule has 0 fully saturated rings. The summed E-state index contributed by atoms with van der Waals surface area (Å²) in [5.41, 5.74) is 5.14. The van der Waals surface area contributed by atoms with Gasteiger partial charge in [-0.1, -0.05) is 48.5 Å². The molecule has 0 bridgehead atoms. The lowest BCUT2D eigenvalue weighted by molar-refractivity contribution is 0.0952. The van der Waals surface area contributed by atoms with Crippen LogP contribution in [0.4, 0.5) is 0 Å². The maximum atomic E-state index is 12.6. The molecule has 0 saturated carbocycles. The Morgan fingerprint density at radius 1 is 1.00 bits per heavy atom. The molecule has 0 aliphatic rings. The van der Waals surface area contributed by atoms with E-state index in [1.54, 1.807) is 34.4 Å². The minimum atomic E-state index is -0.488. The van der Waals surface area contributed by atoms with E-state index in [-0.39, 0.29) is 11.3 Å². The van der Waals surface area contributed by atoms with Gasteiger partial charge in [0.1, 0.15) is 11.4 Å². The van der Waals surface area contributed by atoms with Crippen LogP contribution in [0, 0.1) is 0 Å². The molecule has 32 heavy (non-hydrogen) atoms. The normalized spacial score (nSPS) is 11.2. The second-order valence-corrected chi connectivity index (χ2v) is 8.05. The molecule has 5 rings (SSSR count). The second-order valence-electron chi connectivity index (χ2n) is 7.11. The molecule has 2 heterocycles. The van der Waals surface area contributed by atoms with Crippen LogP contribution in [0.2, 0.25) is 0 Å². The Labute approximate surface area is 188 Å². The van der Waals surface area contributed by atoms with Gasteiger partial charge in [-0.25, -0.2) is 10.1 Å². The van der Waals surface area contributed by atoms with Crippen molar-refractivity contribution in [2.24, 2.45) is 5.10 Å². The number of carbonyl (C=O) groups is 1. The fourth-order valence-corrected chi connectivity index (χ4v) is 4.16. The number of aromatic nitrogens is 2. The van der Waals surface area contributed by atoms with Crippen LogP contribution in [0.25, 0.3) is 27.0 Å². The quantitative estimate of drug-likeness (QED) is 0.292. The first-order valence-corrected chi connectivity index (χ1v) is 10.8. The van der Waals surface area contributed by atoms with Gasteiger partial charge in [0, 0.05) is 11.8 Å². The molecule has 0 aliphatic heterocycles. The highest BCUT2D eigenvalue weighted by molar-refractivity contribution is 7.13. The van der Waals surface area contributed by atoms with Crippen LogP contribution in [-0.4, -0.2) is 27.0 Å². The fourth-order valence-electron chi connectivity index (χ4n) is 3.43. The lowest BCUT2D eigenvalue weighted by Gasteiger charge is -2.05. The summed E-state index contributed by atoms with van der Waals surface area (Å²) >= 11 is 1.58. The third kappa shape index (κ3) is 3.89. The van der Waals surface area contributed by atoms with E-state index >= 15 is 0 Å². The lowest BCUT2D eigenvalue weighted by Crippen LogP contribution is -2.17. The van der Waals surface area contributed by atoms with Gasteiger partial charge in [-0.05, 0) is 46.5 Å². The summed E-state index contributed by atoms with van der Waals surface area (Å²) in [5.74, 6) is -0.579. The highest BCUT2D eigenvalue weighted by Gasteiger charge is 2.14. The minimum absolute atomic E-state index is 0.0902. The van der Waals surface area contributed by atoms with Gasteiger partial charge < -0.3 is 5.11 Å². The molecular formula is C25H18N4O2S. The summed E-state index contributed by atoms with van der Waals surface area (Å²) in [6, 6.07) is 24.5. The first-order chi connectivity index (χ1) is 15.7. The maximum absolute atomic E-state index is 12.6. The summed E-state index contributed by atoms with van der Waals surface area (Å²) in [7, 11) is 0. The Balaban J connectivity index is 1.42. The van der Waals surface area contributed by atoms with E-state index in [0.717, 1.165) is 32.6 Å². The molecule has 0 aliphatic carbocycles. The number of phenolic OH excluding ortho intramolecular Hbond substituents is 1. The van der Waals surface area contributed by atoms with Crippen LogP contribution in [0.1, 0.15) is 15.9 Å². The Hall–Kier alpha value is -4.23. The zero-order chi connectivity index (χ0) is 21.9. The minimum Gasteiger partial charge on any atom is -0.507 e. The van der Waals surface area contributed by atoms with Crippen LogP contribution in [-0.2, 0) is 0 Å². The number of carbonyl (C=O) groups excluding carboxylic acids is 1. The summed E-state index contributed by atoms with van der Waals surface area (Å²) in [6.07, 6.45) is 3.44. The lowest BCUT2D eigenvalue weighted by atomic mass is 10.1. The predicted octanol–water partition coefficient (Wildman–Crippen LogP) is 5.22. The van der Waals surface area contributed by atoms with E-state index in [4.69, 9.17) is 5.10 Å². The molecule has 2 aromatic heterocycles. The predicted molar refractivity (Wildman–Crippen MR) is 128 cm³/mol. The highest BCUT2D eigenvalue weighted by atomic mass is 32.1. The van der Waals surface area contributed by atoms with Crippen molar-refractivity contribution in [3.8, 4) is 22.0 Å². The number of hydrogen-bond donors (Lipinski definition) is 2. The van der Waals surface area contributed by atoms with Crippen LogP contribution >= 0.6 is 11.3 Å². The van der Waals surface area contributed by atoms with E-state index < -0.39 is 5.91 Å². The van der Waals surface area contributed by atoms with E-state index in [0.29, 0.717) is 0 Å². The van der Waals surface area contributed by atoms with Crippen LogP contribution < -0.4 is 5.43 Å². The van der Waals surface area contributed by atoms with Gasteiger partial charge in [-0.15, -0.1) is 11.3 Å². The third-order valence-corrected chi connectivity index (χ3v) is 5.87. The van der Waals surface area contributed by atoms with Crippen molar-refractivity contribution in [3.63, 3.8) is 0 Å². The van der Waals surface area contributed by atoms with Gasteiger partial charge in [0.25, 0.3) is 5.91 Å². The number of thiophene rings is 1. The molecule has 0 spiro atoms. The van der Waals surface area contributed by atoms with Gasteiger partial charge in [-0.3, -0.25) is 4.79 Å². The average molecular weight is 439 g/mol. The molecule has 0 saturated heterocycles. The average Bonchev–Trinajstić information content (AvgIpc) is 3.49. The number of amides is 1. The summed E-state index contributed by atoms with van der Waals surface area (Å²) in [6.45, 7) is 0. The molecule has 6 nitrogen and oxygen atoms in total. The number of rotatable bonds is 5. The number of phenols is 1. The van der Waals surface area contributed by atoms with Gasteiger partial charge >= 0.3 is 0 Å². The van der Waals surface area contributed by atoms with Crippen molar-refractivity contribution >= 4 is 34.2 Å². The maximum Gasteiger partial charge on any atom is 0.275 e. The van der Waals surface area contributed by atoms with Crippen molar-refractivity contribution in [1.82, 2.24) is 15.2 Å². The first kappa shape index (κ1) is 19.7. The molecule has 1 amide bonds. The monoisotopic (exact) mass is 438 g/mol. The van der Waals surface area contributed by atoms with Crippen LogP contribution in [0.3, 0.4) is 0 Å². The molecular weight excluding hydrogens is 420 g/mol. The molecule has 0 atom stereocenters. The van der Waals surface area contributed by atoms with Gasteiger partial charge in [0.15, 0.2) is 0 Å². The Bertz CT molecular complexity index is 1420. The Morgan fingerprint density at radius 3 is 2.50 bits per heavy atom. The Morgan fingerprint density at radius 2 is 1.75 bits per heavy atom. The number of benzene rings is 3. The fraction of sp³-hybridized carbons (Fsp3) is 0. The summed E-state index contributed by atoms with van der Waals surface area (Å²) < 4.78 is 1.79. The van der Waals surface area contributed by atoms with Crippen LogP contribution in [0.5, 0.6) is 5.75 Å². The van der Waals surface area contributed by atoms with E-state index in [1.807, 2.05) is 78.3 Å². The standard InChI is InChI=1S/C25H18N4O2S/c30-22-14-18-8-5-4-7-17(18)13-21(22)25(31)27-26-15-19-16-29(20-9-2-1-3-10-20)28-24(19)23-11-6-12-32-23/h1-16,30H,(H,27,31). The first-order valence-electron chi connectivity index (χ1n) is 9.93. The molecule has 3 aromatic carbocycles. The molecule has 2 N–H and O–H groups in total. The number of hydrogen-bond acceptors (Lipinski definition) is 5. The molecule has 0 radical (unpaired) electrons. The van der Waals surface area contributed by atoms with Crippen molar-refractivity contribution < 1.29 is 9.90 Å². The van der Waals surface area contributed by atoms with Gasteiger partial charge in [-0.2, -0.15) is 10.2 Å². The van der Waals surface area contributed by atoms with Crippen molar-refractivity contribution in [3.05, 3.63) is 102 Å². The SMILES string of the molecule is O=C(NN=Cc1cn(-c2ccccc2)nc1-c1cccs1)c1cc2ccccc2cc1O. The van der Waals surface area contributed by atoms with E-state index in [2.05, 4.69) is 10.5 Å². The number of nitrogens with zero attached hydrogens (tertiary/aromatic N) is 3. The van der Waals surface area contributed by atoms with Crippen molar-refractivity contribution in [2.45, 2.75) is 0 Å². The second kappa shape index (κ2) is 8.49. The topological polar surface area (TPSA) is 79.5 Å². The number of aromatic hydroxyl groups is 1. The van der Waals surface area contributed by atoms with Crippen molar-refractivity contribution in [2.75, 3.05) is 0 Å². The third-order valence-electron chi connectivity index (χ3n) is 5.00. The van der Waals surface area contributed by atoms with Crippen molar-refractivity contribution in [1.29, 1.82) is 0 Å². The number of nitrogens with one attached hydrogen (secondary N) is 1. The van der Waals surface area contributed by atoms with E-state index in [9.17, 15) is 9.90 Å². The number of fused-ring (bicyclic) bond motifs is 1. The van der Waals surface area contributed by atoms with Gasteiger partial charge in [0.05, 0.1) is 22.3 Å². The molecule has 156 valence electrons. The summed E-state index contributed by atoms with van der Waals surface area (Å²) in [4.78, 5) is 13.6. The highest BCUT2D eigenvalue weighted by Crippen LogP contribution is 2.27. The van der Waals surface area contributed by atoms with Crippen LogP contribution in [0.15, 0.2) is 95.5 Å².